The highest BCUT2D eigenvalue weighted by atomic mass is 32.1. The normalized spacial score (nSPS) is 17.2. The van der Waals surface area contributed by atoms with Crippen LogP contribution in [0.15, 0.2) is 85.2 Å². The standard InChI is InChI=1S/C27H26N4O3S/c1-32-18-13-14-24(34-3)22(17-18)31-26(25(29-27(31)35)19-9-6-7-15-28-19)21-11-8-16-30(21)20-10-4-5-12-23(20)33-2/h4-17,25-26H,1-3H3,(H,29,35)/t25-,26-/m0/s1. The molecule has 0 radical (unpaired) electrons. The van der Waals surface area contributed by atoms with Gasteiger partial charge in [0.2, 0.25) is 0 Å². The van der Waals surface area contributed by atoms with E-state index in [1.165, 1.54) is 0 Å². The number of thiocarbonyl (C=S) groups is 1. The summed E-state index contributed by atoms with van der Waals surface area (Å²) < 4.78 is 19.1. The first kappa shape index (κ1) is 22.7. The number of ether oxygens (including phenoxy) is 3. The molecule has 0 aliphatic carbocycles. The van der Waals surface area contributed by atoms with Crippen molar-refractivity contribution in [2.45, 2.75) is 12.1 Å². The van der Waals surface area contributed by atoms with Crippen LogP contribution in [0.3, 0.4) is 0 Å². The molecule has 2 aromatic heterocycles. The van der Waals surface area contributed by atoms with Crippen molar-refractivity contribution in [2.75, 3.05) is 26.2 Å². The molecule has 2 atom stereocenters. The molecular formula is C27H26N4O3S. The van der Waals surface area contributed by atoms with E-state index in [1.54, 1.807) is 27.5 Å². The van der Waals surface area contributed by atoms with Crippen LogP contribution in [0.4, 0.5) is 5.69 Å². The van der Waals surface area contributed by atoms with Gasteiger partial charge in [-0.25, -0.2) is 0 Å². The second-order valence-electron chi connectivity index (χ2n) is 8.01. The fourth-order valence-corrected chi connectivity index (χ4v) is 4.92. The summed E-state index contributed by atoms with van der Waals surface area (Å²) in [7, 11) is 4.98. The van der Waals surface area contributed by atoms with E-state index in [9.17, 15) is 0 Å². The van der Waals surface area contributed by atoms with Crippen LogP contribution in [0.2, 0.25) is 0 Å². The van der Waals surface area contributed by atoms with Crippen molar-refractivity contribution < 1.29 is 14.2 Å². The SMILES string of the molecule is COc1ccc(OC)c(N2C(=S)N[C@@H](c3ccccn3)[C@@H]2c2cccn2-c2ccccc2OC)c1. The molecule has 178 valence electrons. The van der Waals surface area contributed by atoms with Crippen LogP contribution in [0.25, 0.3) is 5.69 Å². The Morgan fingerprint density at radius 3 is 2.34 bits per heavy atom. The molecule has 1 aliphatic heterocycles. The number of nitrogens with zero attached hydrogens (tertiary/aromatic N) is 3. The zero-order valence-corrected chi connectivity index (χ0v) is 20.5. The minimum absolute atomic E-state index is 0.206. The van der Waals surface area contributed by atoms with E-state index in [-0.39, 0.29) is 12.1 Å². The molecule has 0 spiro atoms. The molecule has 0 bridgehead atoms. The quantitative estimate of drug-likeness (QED) is 0.366. The average molecular weight is 487 g/mol. The molecule has 1 N–H and O–H groups in total. The number of para-hydroxylation sites is 2. The number of hydrogen-bond donors (Lipinski definition) is 1. The van der Waals surface area contributed by atoms with Crippen molar-refractivity contribution in [3.05, 3.63) is 96.6 Å². The molecule has 2 aromatic carbocycles. The second kappa shape index (κ2) is 9.68. The van der Waals surface area contributed by atoms with Crippen molar-refractivity contribution in [1.82, 2.24) is 14.9 Å². The maximum absolute atomic E-state index is 5.90. The van der Waals surface area contributed by atoms with Gasteiger partial charge in [0, 0.05) is 24.2 Å². The number of anilines is 1. The molecule has 0 amide bonds. The number of nitrogens with one attached hydrogen (secondary N) is 1. The van der Waals surface area contributed by atoms with Crippen molar-refractivity contribution in [1.29, 1.82) is 0 Å². The summed E-state index contributed by atoms with van der Waals surface area (Å²) in [5.41, 5.74) is 3.64. The van der Waals surface area contributed by atoms with E-state index < -0.39 is 0 Å². The van der Waals surface area contributed by atoms with Crippen LogP contribution in [0.1, 0.15) is 23.5 Å². The lowest BCUT2D eigenvalue weighted by molar-refractivity contribution is 0.402. The molecule has 1 saturated heterocycles. The van der Waals surface area contributed by atoms with Crippen LogP contribution >= 0.6 is 12.2 Å². The van der Waals surface area contributed by atoms with Gasteiger partial charge in [-0.2, -0.15) is 0 Å². The van der Waals surface area contributed by atoms with Crippen LogP contribution < -0.4 is 24.4 Å². The number of hydrogen-bond acceptors (Lipinski definition) is 5. The molecule has 35 heavy (non-hydrogen) atoms. The summed E-state index contributed by atoms with van der Waals surface area (Å²) >= 11 is 5.90. The first-order valence-corrected chi connectivity index (χ1v) is 11.6. The second-order valence-corrected chi connectivity index (χ2v) is 8.40. The van der Waals surface area contributed by atoms with Gasteiger partial charge in [-0.3, -0.25) is 4.98 Å². The third kappa shape index (κ3) is 4.06. The lowest BCUT2D eigenvalue weighted by Gasteiger charge is -2.30. The van der Waals surface area contributed by atoms with Crippen molar-refractivity contribution in [2.24, 2.45) is 0 Å². The summed E-state index contributed by atoms with van der Waals surface area (Å²) in [5, 5.41) is 4.08. The highest BCUT2D eigenvalue weighted by Crippen LogP contribution is 2.46. The molecular weight excluding hydrogens is 460 g/mol. The Balaban J connectivity index is 1.72. The van der Waals surface area contributed by atoms with Crippen LogP contribution in [0, 0.1) is 0 Å². The first-order valence-electron chi connectivity index (χ1n) is 11.2. The molecule has 8 heteroatoms. The lowest BCUT2D eigenvalue weighted by Crippen LogP contribution is -2.30. The maximum atomic E-state index is 5.90. The highest BCUT2D eigenvalue weighted by molar-refractivity contribution is 7.80. The van der Waals surface area contributed by atoms with Gasteiger partial charge >= 0.3 is 0 Å². The molecule has 1 fully saturated rings. The smallest absolute Gasteiger partial charge is 0.174 e. The number of aromatic nitrogens is 2. The summed E-state index contributed by atoms with van der Waals surface area (Å²) in [6.07, 6.45) is 3.83. The molecule has 0 saturated carbocycles. The van der Waals surface area contributed by atoms with Gasteiger partial charge in [0.1, 0.15) is 23.3 Å². The molecule has 1 aliphatic rings. The fourth-order valence-electron chi connectivity index (χ4n) is 4.58. The Bertz CT molecular complexity index is 1340. The van der Waals surface area contributed by atoms with Crippen molar-refractivity contribution in [3.8, 4) is 22.9 Å². The van der Waals surface area contributed by atoms with Crippen LogP contribution in [0.5, 0.6) is 17.2 Å². The van der Waals surface area contributed by atoms with Gasteiger partial charge in [-0.1, -0.05) is 18.2 Å². The Morgan fingerprint density at radius 1 is 0.829 bits per heavy atom. The van der Waals surface area contributed by atoms with Gasteiger partial charge in [-0.15, -0.1) is 0 Å². The van der Waals surface area contributed by atoms with E-state index in [4.69, 9.17) is 26.4 Å². The molecule has 3 heterocycles. The highest BCUT2D eigenvalue weighted by Gasteiger charge is 2.43. The van der Waals surface area contributed by atoms with E-state index in [0.717, 1.165) is 28.5 Å². The van der Waals surface area contributed by atoms with Gasteiger partial charge in [0.25, 0.3) is 0 Å². The Labute approximate surface area is 209 Å². The largest absolute Gasteiger partial charge is 0.497 e. The molecule has 0 unspecified atom stereocenters. The van der Waals surface area contributed by atoms with E-state index in [1.807, 2.05) is 72.9 Å². The summed E-state index contributed by atoms with van der Waals surface area (Å²) in [4.78, 5) is 6.74. The minimum atomic E-state index is -0.238. The van der Waals surface area contributed by atoms with E-state index in [0.29, 0.717) is 16.6 Å². The van der Waals surface area contributed by atoms with Gasteiger partial charge in [-0.05, 0) is 60.7 Å². The number of rotatable bonds is 7. The van der Waals surface area contributed by atoms with Gasteiger partial charge in [0.05, 0.1) is 44.4 Å². The van der Waals surface area contributed by atoms with Crippen LogP contribution in [-0.4, -0.2) is 36.0 Å². The zero-order valence-electron chi connectivity index (χ0n) is 19.7. The molecule has 7 nitrogen and oxygen atoms in total. The van der Waals surface area contributed by atoms with E-state index in [2.05, 4.69) is 25.8 Å². The van der Waals surface area contributed by atoms with Gasteiger partial charge in [0.15, 0.2) is 5.11 Å². The lowest BCUT2D eigenvalue weighted by atomic mass is 10.0. The summed E-state index contributed by atoms with van der Waals surface area (Å²) in [6.45, 7) is 0. The Hall–Kier alpha value is -4.04. The predicted molar refractivity (Wildman–Crippen MR) is 140 cm³/mol. The molecule has 5 rings (SSSR count). The third-order valence-electron chi connectivity index (χ3n) is 6.17. The monoisotopic (exact) mass is 486 g/mol. The summed E-state index contributed by atoms with van der Waals surface area (Å²) in [6, 6.07) is 23.2. The first-order chi connectivity index (χ1) is 17.2. The third-order valence-corrected chi connectivity index (χ3v) is 6.49. The van der Waals surface area contributed by atoms with Crippen LogP contribution in [-0.2, 0) is 0 Å². The predicted octanol–water partition coefficient (Wildman–Crippen LogP) is 5.08. The summed E-state index contributed by atoms with van der Waals surface area (Å²) in [5.74, 6) is 2.18. The Morgan fingerprint density at radius 2 is 1.60 bits per heavy atom. The minimum Gasteiger partial charge on any atom is -0.497 e. The topological polar surface area (TPSA) is 60.8 Å². The van der Waals surface area contributed by atoms with Crippen molar-refractivity contribution >= 4 is 23.0 Å². The maximum Gasteiger partial charge on any atom is 0.174 e. The zero-order chi connectivity index (χ0) is 24.4. The number of pyridine rings is 1. The number of methoxy groups -OCH3 is 3. The Kier molecular flexibility index (Phi) is 6.29. The van der Waals surface area contributed by atoms with Crippen molar-refractivity contribution in [3.63, 3.8) is 0 Å². The van der Waals surface area contributed by atoms with E-state index >= 15 is 0 Å². The number of benzene rings is 2. The average Bonchev–Trinajstić information content (AvgIpc) is 3.52. The fraction of sp³-hybridized carbons (Fsp3) is 0.185. The molecule has 4 aromatic rings. The van der Waals surface area contributed by atoms with Gasteiger partial charge < -0.3 is 29.0 Å².